The van der Waals surface area contributed by atoms with Crippen molar-refractivity contribution < 1.29 is 10.2 Å². The van der Waals surface area contributed by atoms with Gasteiger partial charge in [0.05, 0.1) is 18.8 Å². The summed E-state index contributed by atoms with van der Waals surface area (Å²) in [5.41, 5.74) is 1.11. The minimum Gasteiger partial charge on any atom is -0.394 e. The molecule has 20 heavy (non-hydrogen) atoms. The second-order valence-corrected chi connectivity index (χ2v) is 5.31. The Hall–Kier alpha value is -1.35. The van der Waals surface area contributed by atoms with Crippen LogP contribution in [0.25, 0.3) is 11.0 Å². The summed E-state index contributed by atoms with van der Waals surface area (Å²) in [6.07, 6.45) is 5.06. The number of hydrogen-bond acceptors (Lipinski definition) is 6. The molecule has 0 bridgehead atoms. The molecule has 0 aliphatic carbocycles. The maximum absolute atomic E-state index is 11.6. The minimum atomic E-state index is -0.975. The minimum absolute atomic E-state index is 0.317. The van der Waals surface area contributed by atoms with Crippen molar-refractivity contribution in [2.75, 3.05) is 25.2 Å². The average Bonchev–Trinajstić information content (AvgIpc) is 2.88. The van der Waals surface area contributed by atoms with Crippen LogP contribution in [0.5, 0.6) is 0 Å². The van der Waals surface area contributed by atoms with Gasteiger partial charge in [-0.15, -0.1) is 0 Å². The Labute approximate surface area is 119 Å². The van der Waals surface area contributed by atoms with Gasteiger partial charge in [-0.2, -0.15) is 11.8 Å². The van der Waals surface area contributed by atoms with Crippen molar-refractivity contribution in [2.24, 2.45) is 0 Å². The maximum atomic E-state index is 11.6. The van der Waals surface area contributed by atoms with Gasteiger partial charge >= 0.3 is 0 Å². The third kappa shape index (κ3) is 3.04. The van der Waals surface area contributed by atoms with Crippen LogP contribution in [0.3, 0.4) is 0 Å². The molecule has 0 saturated heterocycles. The fourth-order valence-corrected chi connectivity index (χ4v) is 2.36. The standard InChI is InChI=1S/C12H17N4O3S/c1-20-3-2-13-9(8(18)5-17)7-4-14-11-10(7)15-6-16-12(11)19/h4,8-9,13-14,17-18H,2-3,5H2,1H3,(H,15,16,19). The quantitative estimate of drug-likeness (QED) is 0.436. The molecule has 0 fully saturated rings. The van der Waals surface area contributed by atoms with Crippen LogP contribution < -0.4 is 10.9 Å². The van der Waals surface area contributed by atoms with Crippen molar-refractivity contribution in [3.63, 3.8) is 0 Å². The van der Waals surface area contributed by atoms with Gasteiger partial charge in [-0.3, -0.25) is 4.79 Å². The van der Waals surface area contributed by atoms with Crippen LogP contribution in [0.2, 0.25) is 0 Å². The molecule has 2 rings (SSSR count). The van der Waals surface area contributed by atoms with Crippen molar-refractivity contribution in [3.05, 3.63) is 28.4 Å². The number of nitrogens with one attached hydrogen (secondary N) is 3. The highest BCUT2D eigenvalue weighted by Crippen LogP contribution is 2.23. The zero-order valence-electron chi connectivity index (χ0n) is 11.0. The second-order valence-electron chi connectivity index (χ2n) is 4.32. The number of aromatic nitrogens is 3. The summed E-state index contributed by atoms with van der Waals surface area (Å²) in [5.74, 6) is 0.872. The summed E-state index contributed by atoms with van der Waals surface area (Å²) < 4.78 is 0. The fraction of sp³-hybridized carbons (Fsp3) is 0.500. The molecule has 0 aliphatic heterocycles. The molecule has 0 spiro atoms. The number of thioether (sulfide) groups is 1. The van der Waals surface area contributed by atoms with Crippen molar-refractivity contribution in [3.8, 4) is 0 Å². The van der Waals surface area contributed by atoms with Crippen molar-refractivity contribution in [1.82, 2.24) is 20.3 Å². The topological polar surface area (TPSA) is 114 Å². The first-order chi connectivity index (χ1) is 9.69. The lowest BCUT2D eigenvalue weighted by atomic mass is 10.0. The molecule has 2 heterocycles. The molecule has 0 saturated carbocycles. The molecule has 2 aromatic rings. The van der Waals surface area contributed by atoms with E-state index in [4.69, 9.17) is 0 Å². The van der Waals surface area contributed by atoms with Gasteiger partial charge in [-0.1, -0.05) is 0 Å². The molecule has 0 aromatic carbocycles. The molecule has 0 amide bonds. The SMILES string of the molecule is CSCCNC(c1c[nH]c2c(=O)[nH][c]nc12)C(O)CO. The van der Waals surface area contributed by atoms with Crippen molar-refractivity contribution in [2.45, 2.75) is 12.1 Å². The summed E-state index contributed by atoms with van der Waals surface area (Å²) in [6.45, 7) is 0.291. The maximum Gasteiger partial charge on any atom is 0.275 e. The summed E-state index contributed by atoms with van der Waals surface area (Å²) in [5, 5.41) is 22.3. The zero-order chi connectivity index (χ0) is 14.5. The van der Waals surface area contributed by atoms with E-state index in [0.717, 1.165) is 5.75 Å². The fourth-order valence-electron chi connectivity index (χ4n) is 2.03. The lowest BCUT2D eigenvalue weighted by molar-refractivity contribution is 0.0635. The third-order valence-electron chi connectivity index (χ3n) is 3.02. The molecule has 0 aliphatic rings. The van der Waals surface area contributed by atoms with Crippen molar-refractivity contribution in [1.29, 1.82) is 0 Å². The molecule has 2 aromatic heterocycles. The number of aliphatic hydroxyl groups is 2. The van der Waals surface area contributed by atoms with Crippen molar-refractivity contribution >= 4 is 22.8 Å². The van der Waals surface area contributed by atoms with E-state index < -0.39 is 12.1 Å². The third-order valence-corrected chi connectivity index (χ3v) is 3.64. The molecule has 2 atom stereocenters. The van der Waals surface area contributed by atoms with Gasteiger partial charge in [0.25, 0.3) is 5.56 Å². The molecule has 7 nitrogen and oxygen atoms in total. The highest BCUT2D eigenvalue weighted by atomic mass is 32.2. The summed E-state index contributed by atoms with van der Waals surface area (Å²) in [4.78, 5) is 20.8. The molecular formula is C12H17N4O3S. The first-order valence-electron chi connectivity index (χ1n) is 6.17. The van der Waals surface area contributed by atoms with E-state index in [-0.39, 0.29) is 12.2 Å². The summed E-state index contributed by atoms with van der Waals surface area (Å²) in [7, 11) is 0. The second kappa shape index (κ2) is 6.89. The predicted molar refractivity (Wildman–Crippen MR) is 77.8 cm³/mol. The molecule has 1 radical (unpaired) electrons. The number of rotatable bonds is 7. The van der Waals surface area contributed by atoms with E-state index in [1.807, 2.05) is 6.26 Å². The van der Waals surface area contributed by atoms with Crippen LogP contribution in [0.4, 0.5) is 0 Å². The van der Waals surface area contributed by atoms with Gasteiger partial charge in [-0.25, -0.2) is 4.98 Å². The Morgan fingerprint density at radius 3 is 3.10 bits per heavy atom. The number of H-pyrrole nitrogens is 2. The first kappa shape index (κ1) is 15.0. The molecule has 5 N–H and O–H groups in total. The van der Waals surface area contributed by atoms with E-state index in [1.165, 1.54) is 0 Å². The lowest BCUT2D eigenvalue weighted by Gasteiger charge is -2.22. The van der Waals surface area contributed by atoms with Crippen LogP contribution in [0, 0.1) is 6.33 Å². The Balaban J connectivity index is 2.35. The van der Waals surface area contributed by atoms with Gasteiger partial charge in [-0.05, 0) is 6.26 Å². The van der Waals surface area contributed by atoms with Gasteiger partial charge < -0.3 is 25.5 Å². The molecule has 8 heteroatoms. The van der Waals surface area contributed by atoms with E-state index in [1.54, 1.807) is 18.0 Å². The monoisotopic (exact) mass is 297 g/mol. The van der Waals surface area contributed by atoms with E-state index in [9.17, 15) is 15.0 Å². The Kier molecular flexibility index (Phi) is 5.18. The van der Waals surface area contributed by atoms with Crippen LogP contribution in [0.1, 0.15) is 11.6 Å². The van der Waals surface area contributed by atoms with Crippen LogP contribution in [-0.4, -0.2) is 56.4 Å². The number of nitrogens with zero attached hydrogens (tertiary/aromatic N) is 1. The first-order valence-corrected chi connectivity index (χ1v) is 7.57. The zero-order valence-corrected chi connectivity index (χ0v) is 11.8. The van der Waals surface area contributed by atoms with Crippen LogP contribution in [0.15, 0.2) is 11.0 Å². The Morgan fingerprint density at radius 2 is 2.40 bits per heavy atom. The van der Waals surface area contributed by atoms with Gasteiger partial charge in [0.1, 0.15) is 11.0 Å². The number of hydrogen-bond donors (Lipinski definition) is 5. The molecule has 109 valence electrons. The Morgan fingerprint density at radius 1 is 1.60 bits per heavy atom. The average molecular weight is 297 g/mol. The normalized spacial score (nSPS) is 14.6. The smallest absolute Gasteiger partial charge is 0.275 e. The Bertz CT molecular complexity index is 612. The van der Waals surface area contributed by atoms with Gasteiger partial charge in [0, 0.05) is 24.1 Å². The van der Waals surface area contributed by atoms with E-state index >= 15 is 0 Å². The highest BCUT2D eigenvalue weighted by molar-refractivity contribution is 7.98. The van der Waals surface area contributed by atoms with Gasteiger partial charge in [0.2, 0.25) is 0 Å². The lowest BCUT2D eigenvalue weighted by Crippen LogP contribution is -2.35. The molecular weight excluding hydrogens is 280 g/mol. The number of aliphatic hydroxyl groups excluding tert-OH is 2. The van der Waals surface area contributed by atoms with Gasteiger partial charge in [0.15, 0.2) is 6.33 Å². The van der Waals surface area contributed by atoms with E-state index in [0.29, 0.717) is 23.1 Å². The van der Waals surface area contributed by atoms with E-state index in [2.05, 4.69) is 26.6 Å². The summed E-state index contributed by atoms with van der Waals surface area (Å²) in [6, 6.07) is -0.497. The van der Waals surface area contributed by atoms with Crippen LogP contribution >= 0.6 is 11.8 Å². The largest absolute Gasteiger partial charge is 0.394 e. The van der Waals surface area contributed by atoms with Crippen LogP contribution in [-0.2, 0) is 0 Å². The predicted octanol–water partition coefficient (Wildman–Crippen LogP) is -0.602. The molecule has 2 unspecified atom stereocenters. The highest BCUT2D eigenvalue weighted by Gasteiger charge is 2.24. The summed E-state index contributed by atoms with van der Waals surface area (Å²) >= 11 is 1.68. The number of aromatic amines is 2. The number of fused-ring (bicyclic) bond motifs is 1.